The van der Waals surface area contributed by atoms with Crippen LogP contribution in [0.25, 0.3) is 0 Å². The van der Waals surface area contributed by atoms with E-state index in [-0.39, 0.29) is 102 Å². The van der Waals surface area contributed by atoms with Crippen molar-refractivity contribution < 1.29 is 65.4 Å². The lowest BCUT2D eigenvalue weighted by Crippen LogP contribution is -2.60. The van der Waals surface area contributed by atoms with E-state index in [0.717, 1.165) is 66.1 Å². The number of carbonyl (C=O) groups excluding carboxylic acids is 5. The fourth-order valence-corrected chi connectivity index (χ4v) is 42.5. The lowest BCUT2D eigenvalue weighted by molar-refractivity contribution is -0.205. The fourth-order valence-electron chi connectivity index (χ4n) is 26.6. The molecule has 0 amide bonds. The smallest absolute Gasteiger partial charge is 0.363 e. The van der Waals surface area contributed by atoms with E-state index in [0.29, 0.717) is 114 Å². The number of Topliss-reactive ketones (excluding diaryl/α,β-unsaturated/α-hetero) is 1. The zero-order valence-electron chi connectivity index (χ0n) is 71.6. The van der Waals surface area contributed by atoms with Gasteiger partial charge in [0.05, 0.1) is 11.4 Å². The number of hydrogen-bond donors (Lipinski definition) is 1. The highest BCUT2D eigenvalue weighted by molar-refractivity contribution is 7.99. The van der Waals surface area contributed by atoms with Crippen LogP contribution in [-0.2, 0) is 123 Å². The van der Waals surface area contributed by atoms with E-state index in [1.165, 1.54) is 281 Å². The van der Waals surface area contributed by atoms with Gasteiger partial charge in [-0.15, -0.1) is 0 Å². The summed E-state index contributed by atoms with van der Waals surface area (Å²) in [7, 11) is -1.45. The third-order valence-corrected chi connectivity index (χ3v) is 49.2. The summed E-state index contributed by atoms with van der Waals surface area (Å²) in [5.41, 5.74) is 0.180. The molecule has 0 spiro atoms. The minimum Gasteiger partial charge on any atom is -0.456 e. The quantitative estimate of drug-likeness (QED) is 0.0364. The molecule has 7 heterocycles. The molecule has 1 aromatic rings. The van der Waals surface area contributed by atoms with E-state index in [1.807, 2.05) is 51.1 Å². The molecule has 0 aromatic heterocycles. The molecule has 7 aliphatic heterocycles. The van der Waals surface area contributed by atoms with Gasteiger partial charge in [0.15, 0.2) is 11.5 Å². The largest absolute Gasteiger partial charge is 0.456 e. The summed E-state index contributed by atoms with van der Waals surface area (Å²) in [5.74, 6) is 29.4. The van der Waals surface area contributed by atoms with E-state index in [2.05, 4.69) is 20.8 Å². The Kier molecular flexibility index (Phi) is 30.1. The van der Waals surface area contributed by atoms with Crippen molar-refractivity contribution >= 4 is 105 Å². The van der Waals surface area contributed by atoms with Crippen molar-refractivity contribution in [1.82, 2.24) is 0 Å². The van der Waals surface area contributed by atoms with Crippen LogP contribution in [0.4, 0.5) is 0 Å². The van der Waals surface area contributed by atoms with Gasteiger partial charge in [-0.3, -0.25) is 8.98 Å². The molecular formula is C94H150O14S7+6. The molecule has 15 aliphatic carbocycles. The van der Waals surface area contributed by atoms with Gasteiger partial charge in [0, 0.05) is 35.2 Å². The highest BCUT2D eigenvalue weighted by atomic mass is 32.2. The Morgan fingerprint density at radius 3 is 1.20 bits per heavy atom. The Morgan fingerprint density at radius 2 is 0.800 bits per heavy atom. The Morgan fingerprint density at radius 1 is 0.443 bits per heavy atom. The predicted molar refractivity (Wildman–Crippen MR) is 478 cm³/mol. The summed E-state index contributed by atoms with van der Waals surface area (Å²) in [6.45, 7) is 12.6. The molecule has 23 rings (SSSR count). The maximum Gasteiger partial charge on any atom is 0.363 e. The summed E-state index contributed by atoms with van der Waals surface area (Å²) in [5, 5.41) is 9.91. The molecule has 6 atom stereocenters. The van der Waals surface area contributed by atoms with E-state index in [1.54, 1.807) is 0 Å². The number of benzene rings is 1. The van der Waals surface area contributed by atoms with Crippen LogP contribution < -0.4 is 0 Å². The van der Waals surface area contributed by atoms with Crippen LogP contribution in [0.15, 0.2) is 30.3 Å². The first-order valence-corrected chi connectivity index (χ1v) is 58.5. The number of ether oxygens (including phenoxy) is 5. The van der Waals surface area contributed by atoms with Crippen LogP contribution in [0.3, 0.4) is 0 Å². The van der Waals surface area contributed by atoms with Crippen molar-refractivity contribution in [3.63, 3.8) is 0 Å². The van der Waals surface area contributed by atoms with Gasteiger partial charge in [0.1, 0.15) is 97.5 Å². The normalized spacial score (nSPS) is 39.3. The zero-order valence-corrected chi connectivity index (χ0v) is 77.3. The summed E-state index contributed by atoms with van der Waals surface area (Å²) < 4.78 is 59.1. The van der Waals surface area contributed by atoms with E-state index < -0.39 is 16.4 Å². The summed E-state index contributed by atoms with van der Waals surface area (Å²) in [6, 6.07) is 9.66. The fraction of sp³-hybridized carbons (Fsp3) is 0.883. The Bertz CT molecular complexity index is 3400. The Labute approximate surface area is 711 Å². The van der Waals surface area contributed by atoms with Gasteiger partial charge < -0.3 is 28.8 Å². The molecular weight excluding hydrogens is 1580 g/mol. The molecule has 1 aromatic carbocycles. The number of fused-ring (bicyclic) bond motifs is 1. The Balaban J connectivity index is 0.000000110. The maximum absolute atomic E-state index is 13.6. The first-order valence-electron chi connectivity index (χ1n) is 46.9. The van der Waals surface area contributed by atoms with Crippen molar-refractivity contribution in [1.29, 1.82) is 0 Å². The first-order chi connectivity index (χ1) is 55.2. The number of esters is 4. The number of carbonyl (C=O) groups is 5. The SMILES string of the molecule is CC(C)(C)OC(=O)C[S+]1CCCCC1.CC1(OC(=O)C2([S+]3CCCCC3)CCCC2)C2CC3CC(C2)CC1C3.CC1(OC(=O)C[S+]2CCCC2)C2CC3CC(C2)CC1C3.CC1(OC(=O)C[S+]2CCCCC2)C2CC3CC(C2)CC1C3.O=C(C[S+]1CCCC1)c1ccccc1.O=S1(=O)OC2C3CC(CC31)C2OC(O)C[S+]1CCCCC1. The number of aliphatic hydroxyl groups excluding tert-OH is 1. The summed E-state index contributed by atoms with van der Waals surface area (Å²) in [6.07, 6.45) is 46.3. The molecule has 1 N–H and O–H groups in total. The topological polar surface area (TPSA) is 195 Å². The van der Waals surface area contributed by atoms with Gasteiger partial charge in [0.2, 0.25) is 34.1 Å². The van der Waals surface area contributed by atoms with Gasteiger partial charge >= 0.3 is 23.9 Å². The van der Waals surface area contributed by atoms with Crippen molar-refractivity contribution in [2.45, 2.75) is 330 Å². The van der Waals surface area contributed by atoms with E-state index in [9.17, 15) is 37.5 Å². The molecule has 14 bridgehead atoms. The van der Waals surface area contributed by atoms with Gasteiger partial charge in [-0.2, -0.15) is 8.42 Å². The molecule has 7 saturated heterocycles. The minimum absolute atomic E-state index is 0.0114. The lowest BCUT2D eigenvalue weighted by Gasteiger charge is -2.59. The standard InChI is InChI=1S/C22H35O2S.C18H29O2S.C17H27O2S.C14H23O5S2.C12H15OS.C11H21O2S/c1-21(18-12-16-11-17(14-18)15-19(21)13-16)24-20(23)22(7-3-4-8-22)25-9-5-2-6-10-25;1-18(20-17(19)12-21-5-3-2-4-6-21)15-8-13-7-14(10-15)11-16(18)9-13;1-17(19-16(18)11-20-4-2-3-5-20)14-7-12-6-13(9-14)10-15(17)8-12;15-12(8-20-4-2-1-3-5-20)18-13-9-6-10-11(7-9)21(16,17)19-14(10)13;13-12(10-14-8-4-5-9-14)11-6-2-1-3-7-11;1-11(2,3)13-10(12)9-14-7-5-4-6-8-14/h16-19H,2-15H2,1H3;13-16H,2-12H2,1H3;12-15H,2-11H2,1H3;9-15H,1-8H2;1-3,6-7H,4-5,8-10H2;4-9H2,1-3H3/q6*+1. The molecule has 115 heavy (non-hydrogen) atoms. The second-order valence-electron chi connectivity index (χ2n) is 41.3. The molecule has 22 fully saturated rings. The van der Waals surface area contributed by atoms with E-state index in [4.69, 9.17) is 27.9 Å². The van der Waals surface area contributed by atoms with Crippen molar-refractivity contribution in [3.05, 3.63) is 35.9 Å². The second kappa shape index (κ2) is 39.1. The summed E-state index contributed by atoms with van der Waals surface area (Å²) in [4.78, 5) is 61.8. The predicted octanol–water partition coefficient (Wildman–Crippen LogP) is 16.6. The number of ketones is 1. The zero-order chi connectivity index (χ0) is 80.3. The minimum atomic E-state index is -3.39. The van der Waals surface area contributed by atoms with Crippen LogP contribution >= 0.6 is 0 Å². The van der Waals surface area contributed by atoms with Crippen LogP contribution in [0, 0.1) is 82.9 Å². The van der Waals surface area contributed by atoms with Crippen LogP contribution in [-0.4, -0.2) is 192 Å². The highest BCUT2D eigenvalue weighted by Crippen LogP contribution is 2.63. The Hall–Kier alpha value is -1.30. The highest BCUT2D eigenvalue weighted by Gasteiger charge is 2.67. The average Bonchev–Trinajstić information content (AvgIpc) is 1.52. The van der Waals surface area contributed by atoms with Crippen LogP contribution in [0.2, 0.25) is 0 Å². The van der Waals surface area contributed by atoms with Crippen molar-refractivity contribution in [2.75, 3.05) is 97.8 Å². The van der Waals surface area contributed by atoms with Crippen LogP contribution in [0.1, 0.15) is 289 Å². The molecule has 646 valence electrons. The molecule has 14 nitrogen and oxygen atoms in total. The lowest BCUT2D eigenvalue weighted by atomic mass is 9.50. The molecule has 6 unspecified atom stereocenters. The molecule has 22 aliphatic rings. The van der Waals surface area contributed by atoms with Gasteiger partial charge in [0.25, 0.3) is 10.1 Å². The van der Waals surface area contributed by atoms with Crippen LogP contribution in [0.5, 0.6) is 0 Å². The third-order valence-electron chi connectivity index (χ3n) is 32.1. The number of aliphatic hydroxyl groups is 1. The van der Waals surface area contributed by atoms with Gasteiger partial charge in [-0.1, -0.05) is 30.3 Å². The van der Waals surface area contributed by atoms with E-state index >= 15 is 0 Å². The van der Waals surface area contributed by atoms with Crippen molar-refractivity contribution in [2.24, 2.45) is 82.9 Å². The molecule has 15 saturated carbocycles. The van der Waals surface area contributed by atoms with Gasteiger partial charge in [-0.05, 0) is 398 Å². The van der Waals surface area contributed by atoms with Crippen molar-refractivity contribution in [3.8, 4) is 0 Å². The monoisotopic (exact) mass is 1730 g/mol. The van der Waals surface area contributed by atoms with Gasteiger partial charge in [-0.25, -0.2) is 19.2 Å². The first kappa shape index (κ1) is 88.6. The average molecular weight is 1730 g/mol. The second-order valence-corrected chi connectivity index (χ2v) is 57.4. The molecule has 21 heteroatoms. The number of rotatable bonds is 18. The number of hydrogen-bond acceptors (Lipinski definition) is 14. The molecule has 0 radical (unpaired) electrons. The summed E-state index contributed by atoms with van der Waals surface area (Å²) >= 11 is 0. The maximum atomic E-state index is 13.6. The third kappa shape index (κ3) is 21.6.